The second-order valence-corrected chi connectivity index (χ2v) is 8.90. The highest BCUT2D eigenvalue weighted by Gasteiger charge is 2.33. The fraction of sp³-hybridized carbons (Fsp3) is 0.545. The number of hydrogen-bond donors (Lipinski definition) is 7. The summed E-state index contributed by atoms with van der Waals surface area (Å²) in [6.07, 6.45) is 7.62. The summed E-state index contributed by atoms with van der Waals surface area (Å²) in [5, 5.41) is 20.6. The molecule has 0 saturated carbocycles. The van der Waals surface area contributed by atoms with Crippen molar-refractivity contribution in [3.8, 4) is 0 Å². The van der Waals surface area contributed by atoms with Crippen LogP contribution in [0, 0.1) is 5.92 Å². The fourth-order valence-electron chi connectivity index (χ4n) is 3.87. The van der Waals surface area contributed by atoms with Crippen molar-refractivity contribution in [2.45, 2.75) is 63.7 Å². The van der Waals surface area contributed by atoms with Gasteiger partial charge in [-0.3, -0.25) is 14.4 Å². The van der Waals surface area contributed by atoms with E-state index in [4.69, 9.17) is 0 Å². The maximum absolute atomic E-state index is 13.2. The second-order valence-electron chi connectivity index (χ2n) is 8.90. The summed E-state index contributed by atoms with van der Waals surface area (Å²) in [6, 6.07) is -3.57. The molecular formula is C22H32N8O5. The van der Waals surface area contributed by atoms with Crippen molar-refractivity contribution in [1.82, 2.24) is 41.2 Å². The molecule has 4 unspecified atom stereocenters. The number of aromatic amines is 2. The molecule has 2 aromatic heterocycles. The lowest BCUT2D eigenvalue weighted by Gasteiger charge is -2.27. The topological polar surface area (TPSA) is 194 Å². The van der Waals surface area contributed by atoms with Gasteiger partial charge < -0.3 is 36.3 Å². The first-order valence-electron chi connectivity index (χ1n) is 11.6. The summed E-state index contributed by atoms with van der Waals surface area (Å²) < 4.78 is 0. The van der Waals surface area contributed by atoms with Gasteiger partial charge in [0.2, 0.25) is 17.7 Å². The Labute approximate surface area is 202 Å². The maximum atomic E-state index is 13.2. The van der Waals surface area contributed by atoms with Crippen LogP contribution in [0.25, 0.3) is 0 Å². The summed E-state index contributed by atoms with van der Waals surface area (Å²) in [6.45, 7) is 4.20. The van der Waals surface area contributed by atoms with Gasteiger partial charge in [0.05, 0.1) is 18.7 Å². The SMILES string of the molecule is CC(C)C(NC(=O)C(Cc1cnc[nH]1)NC(=O)C1CCCN1)C(=O)NC(Cc1cnc[nH]1)C(=O)O. The molecule has 190 valence electrons. The van der Waals surface area contributed by atoms with Gasteiger partial charge in [-0.15, -0.1) is 0 Å². The van der Waals surface area contributed by atoms with Crippen molar-refractivity contribution < 1.29 is 24.3 Å². The third-order valence-electron chi connectivity index (χ3n) is 5.83. The van der Waals surface area contributed by atoms with E-state index in [0.29, 0.717) is 17.8 Å². The number of H-pyrrole nitrogens is 2. The van der Waals surface area contributed by atoms with Gasteiger partial charge in [0.25, 0.3) is 0 Å². The van der Waals surface area contributed by atoms with Gasteiger partial charge in [-0.2, -0.15) is 0 Å². The first-order chi connectivity index (χ1) is 16.7. The molecule has 7 N–H and O–H groups in total. The predicted octanol–water partition coefficient (Wildman–Crippen LogP) is -1.13. The van der Waals surface area contributed by atoms with Crippen LogP contribution in [0.1, 0.15) is 38.1 Å². The first kappa shape index (κ1) is 25.9. The highest BCUT2D eigenvalue weighted by molar-refractivity contribution is 5.94. The molecule has 1 saturated heterocycles. The molecule has 35 heavy (non-hydrogen) atoms. The van der Waals surface area contributed by atoms with Crippen molar-refractivity contribution in [1.29, 1.82) is 0 Å². The maximum Gasteiger partial charge on any atom is 0.326 e. The minimum absolute atomic E-state index is 0.00668. The molecule has 13 heteroatoms. The zero-order valence-electron chi connectivity index (χ0n) is 19.7. The Morgan fingerprint density at radius 2 is 1.60 bits per heavy atom. The van der Waals surface area contributed by atoms with Crippen molar-refractivity contribution in [3.05, 3.63) is 36.4 Å². The second kappa shape index (κ2) is 12.1. The number of carbonyl (C=O) groups excluding carboxylic acids is 3. The number of carboxylic acid groups (broad SMARTS) is 1. The van der Waals surface area contributed by atoms with Crippen LogP contribution in [0.5, 0.6) is 0 Å². The number of aliphatic carboxylic acids is 1. The molecule has 3 amide bonds. The summed E-state index contributed by atoms with van der Waals surface area (Å²) in [5.41, 5.74) is 1.19. The van der Waals surface area contributed by atoms with Crippen LogP contribution >= 0.6 is 0 Å². The number of nitrogens with one attached hydrogen (secondary N) is 6. The van der Waals surface area contributed by atoms with Gasteiger partial charge >= 0.3 is 5.97 Å². The molecule has 1 aliphatic heterocycles. The van der Waals surface area contributed by atoms with Gasteiger partial charge in [0.1, 0.15) is 18.1 Å². The zero-order valence-corrected chi connectivity index (χ0v) is 19.7. The molecule has 0 spiro atoms. The van der Waals surface area contributed by atoms with Gasteiger partial charge in [-0.05, 0) is 25.3 Å². The molecule has 0 aromatic carbocycles. The number of aromatic nitrogens is 4. The van der Waals surface area contributed by atoms with Crippen LogP contribution in [-0.4, -0.2) is 79.4 Å². The van der Waals surface area contributed by atoms with Crippen LogP contribution in [0.2, 0.25) is 0 Å². The molecule has 0 bridgehead atoms. The molecule has 13 nitrogen and oxygen atoms in total. The van der Waals surface area contributed by atoms with E-state index >= 15 is 0 Å². The monoisotopic (exact) mass is 488 g/mol. The summed E-state index contributed by atoms with van der Waals surface area (Å²) >= 11 is 0. The van der Waals surface area contributed by atoms with E-state index in [1.54, 1.807) is 20.0 Å². The largest absolute Gasteiger partial charge is 0.480 e. The average molecular weight is 489 g/mol. The number of imidazole rings is 2. The summed E-state index contributed by atoms with van der Waals surface area (Å²) in [5.74, 6) is -3.04. The number of carbonyl (C=O) groups is 4. The van der Waals surface area contributed by atoms with Crippen LogP contribution in [0.3, 0.4) is 0 Å². The first-order valence-corrected chi connectivity index (χ1v) is 11.6. The Bertz CT molecular complexity index is 986. The van der Waals surface area contributed by atoms with Crippen molar-refractivity contribution in [3.63, 3.8) is 0 Å². The lowest BCUT2D eigenvalue weighted by atomic mass is 10.0. The zero-order chi connectivity index (χ0) is 25.4. The molecule has 2 aromatic rings. The molecule has 1 aliphatic rings. The lowest BCUT2D eigenvalue weighted by Crippen LogP contribution is -2.59. The number of rotatable bonds is 12. The van der Waals surface area contributed by atoms with Gasteiger partial charge in [0.15, 0.2) is 0 Å². The normalized spacial score (nSPS) is 18.0. The van der Waals surface area contributed by atoms with E-state index < -0.39 is 35.9 Å². The molecular weight excluding hydrogens is 456 g/mol. The van der Waals surface area contributed by atoms with Crippen LogP contribution in [0.15, 0.2) is 25.0 Å². The van der Waals surface area contributed by atoms with E-state index in [1.165, 1.54) is 18.9 Å². The quantitative estimate of drug-likeness (QED) is 0.195. The third-order valence-corrected chi connectivity index (χ3v) is 5.83. The minimum atomic E-state index is -1.21. The van der Waals surface area contributed by atoms with Crippen LogP contribution < -0.4 is 21.3 Å². The van der Waals surface area contributed by atoms with E-state index in [1.807, 2.05) is 0 Å². The predicted molar refractivity (Wildman–Crippen MR) is 124 cm³/mol. The number of amides is 3. The van der Waals surface area contributed by atoms with Gasteiger partial charge in [-0.25, -0.2) is 14.8 Å². The summed E-state index contributed by atoms with van der Waals surface area (Å²) in [4.78, 5) is 64.1. The smallest absolute Gasteiger partial charge is 0.326 e. The Kier molecular flexibility index (Phi) is 8.95. The molecule has 0 aliphatic carbocycles. The van der Waals surface area contributed by atoms with Gasteiger partial charge in [-0.1, -0.05) is 13.8 Å². The van der Waals surface area contributed by atoms with Crippen molar-refractivity contribution in [2.75, 3.05) is 6.54 Å². The van der Waals surface area contributed by atoms with Gasteiger partial charge in [0, 0.05) is 36.6 Å². The van der Waals surface area contributed by atoms with Crippen molar-refractivity contribution in [2.24, 2.45) is 5.92 Å². The molecule has 3 heterocycles. The molecule has 1 fully saturated rings. The molecule has 0 radical (unpaired) electrons. The van der Waals surface area contributed by atoms with E-state index in [0.717, 1.165) is 13.0 Å². The minimum Gasteiger partial charge on any atom is -0.480 e. The Morgan fingerprint density at radius 3 is 2.09 bits per heavy atom. The highest BCUT2D eigenvalue weighted by atomic mass is 16.4. The third kappa shape index (κ3) is 7.37. The number of nitrogens with zero attached hydrogens (tertiary/aromatic N) is 2. The van der Waals surface area contributed by atoms with Crippen LogP contribution in [-0.2, 0) is 32.0 Å². The Balaban J connectivity index is 1.69. The lowest BCUT2D eigenvalue weighted by molar-refractivity contribution is -0.142. The van der Waals surface area contributed by atoms with Crippen LogP contribution in [0.4, 0.5) is 0 Å². The summed E-state index contributed by atoms with van der Waals surface area (Å²) in [7, 11) is 0. The standard InChI is InChI=1S/C22H32N8O5/c1-12(2)18(21(33)29-17(22(34)35)7-14-9-24-11-27-14)30-20(32)16(6-13-8-23-10-26-13)28-19(31)15-4-3-5-25-15/h8-12,15-18,25H,3-7H2,1-2H3,(H,23,26)(H,24,27)(H,28,31)(H,29,33)(H,30,32)(H,34,35). The van der Waals surface area contributed by atoms with E-state index in [-0.39, 0.29) is 30.7 Å². The van der Waals surface area contributed by atoms with E-state index in [9.17, 15) is 24.3 Å². The number of hydrogen-bond acceptors (Lipinski definition) is 7. The Morgan fingerprint density at radius 1 is 0.971 bits per heavy atom. The average Bonchev–Trinajstić information content (AvgIpc) is 3.59. The highest BCUT2D eigenvalue weighted by Crippen LogP contribution is 2.09. The van der Waals surface area contributed by atoms with Crippen molar-refractivity contribution >= 4 is 23.7 Å². The fourth-order valence-corrected chi connectivity index (χ4v) is 3.87. The molecule has 3 rings (SSSR count). The number of carboxylic acids is 1. The van der Waals surface area contributed by atoms with E-state index in [2.05, 4.69) is 41.2 Å². The Hall–Kier alpha value is -3.74. The molecule has 4 atom stereocenters.